The number of carbonyl (C=O) groups excluding carboxylic acids is 1. The fourth-order valence-electron chi connectivity index (χ4n) is 1.52. The number of nitrogens with zero attached hydrogens (tertiary/aromatic N) is 2. The number of carbonyl (C=O) groups is 1. The quantitative estimate of drug-likeness (QED) is 0.531. The molecule has 1 aromatic carbocycles. The zero-order valence-corrected chi connectivity index (χ0v) is 12.4. The lowest BCUT2D eigenvalue weighted by Crippen LogP contribution is -2.17. The fraction of sp³-hybridized carbons (Fsp3) is 0.0769. The molecule has 0 bridgehead atoms. The van der Waals surface area contributed by atoms with Crippen molar-refractivity contribution in [3.05, 3.63) is 60.8 Å². The van der Waals surface area contributed by atoms with Gasteiger partial charge in [-0.3, -0.25) is 14.9 Å². The van der Waals surface area contributed by atoms with E-state index < -0.39 is 10.8 Å². The molecule has 21 heavy (non-hydrogen) atoms. The molecule has 0 atom stereocenters. The average molecular weight is 324 g/mol. The molecule has 0 spiro atoms. The highest BCUT2D eigenvalue weighted by Gasteiger charge is 2.15. The van der Waals surface area contributed by atoms with Crippen molar-refractivity contribution in [1.29, 1.82) is 0 Å². The number of halogens is 1. The van der Waals surface area contributed by atoms with Crippen molar-refractivity contribution in [2.24, 2.45) is 5.10 Å². The van der Waals surface area contributed by atoms with Gasteiger partial charge in [0.05, 0.1) is 11.1 Å². The molecule has 1 amide bonds. The second kappa shape index (κ2) is 6.47. The largest absolute Gasteiger partial charge is 0.288 e. The van der Waals surface area contributed by atoms with E-state index in [-0.39, 0.29) is 16.3 Å². The van der Waals surface area contributed by atoms with Crippen molar-refractivity contribution < 1.29 is 9.72 Å². The molecular formula is C13H10ClN3O3S. The first-order valence-corrected chi connectivity index (χ1v) is 7.06. The summed E-state index contributed by atoms with van der Waals surface area (Å²) in [5, 5.41) is 16.5. The van der Waals surface area contributed by atoms with Crippen molar-refractivity contribution in [2.45, 2.75) is 6.92 Å². The standard InChI is InChI=1S/C13H10ClN3O3S/c1-8-4-5-21-12(8)7-15-16-13(18)9-2-3-10(14)11(6-9)17(19)20/h2-7H,1H3,(H,16,18)/b15-7+. The van der Waals surface area contributed by atoms with E-state index in [9.17, 15) is 14.9 Å². The number of benzene rings is 1. The smallest absolute Gasteiger partial charge is 0.267 e. The summed E-state index contributed by atoms with van der Waals surface area (Å²) in [5.41, 5.74) is 3.18. The normalized spacial score (nSPS) is 10.8. The summed E-state index contributed by atoms with van der Waals surface area (Å²) in [6.07, 6.45) is 1.53. The Morgan fingerprint density at radius 1 is 1.48 bits per heavy atom. The van der Waals surface area contributed by atoms with Gasteiger partial charge in [0.1, 0.15) is 5.02 Å². The lowest BCUT2D eigenvalue weighted by molar-refractivity contribution is -0.384. The number of rotatable bonds is 4. The Balaban J connectivity index is 2.10. The molecule has 2 aromatic rings. The maximum absolute atomic E-state index is 11.9. The lowest BCUT2D eigenvalue weighted by atomic mass is 10.2. The fourth-order valence-corrected chi connectivity index (χ4v) is 2.50. The van der Waals surface area contributed by atoms with Crippen LogP contribution in [0.3, 0.4) is 0 Å². The Morgan fingerprint density at radius 2 is 2.24 bits per heavy atom. The average Bonchev–Trinajstić information content (AvgIpc) is 2.84. The molecule has 0 aliphatic rings. The lowest BCUT2D eigenvalue weighted by Gasteiger charge is -2.01. The summed E-state index contributed by atoms with van der Waals surface area (Å²) in [4.78, 5) is 22.9. The topological polar surface area (TPSA) is 84.6 Å². The molecular weight excluding hydrogens is 314 g/mol. The van der Waals surface area contributed by atoms with E-state index in [1.165, 1.54) is 29.7 Å². The van der Waals surface area contributed by atoms with Gasteiger partial charge >= 0.3 is 0 Å². The summed E-state index contributed by atoms with van der Waals surface area (Å²) >= 11 is 7.18. The van der Waals surface area contributed by atoms with Crippen LogP contribution in [0.25, 0.3) is 0 Å². The van der Waals surface area contributed by atoms with Crippen LogP contribution >= 0.6 is 22.9 Å². The van der Waals surface area contributed by atoms with Crippen LogP contribution in [0.15, 0.2) is 34.7 Å². The number of hydrogen-bond donors (Lipinski definition) is 1. The van der Waals surface area contributed by atoms with E-state index in [0.29, 0.717) is 0 Å². The molecule has 0 saturated carbocycles. The molecule has 2 rings (SSSR count). The van der Waals surface area contributed by atoms with Gasteiger partial charge in [0.2, 0.25) is 0 Å². The Hall–Kier alpha value is -2.25. The number of hydrazone groups is 1. The summed E-state index contributed by atoms with van der Waals surface area (Å²) in [6.45, 7) is 1.93. The van der Waals surface area contributed by atoms with E-state index >= 15 is 0 Å². The van der Waals surface area contributed by atoms with Gasteiger partial charge < -0.3 is 0 Å². The van der Waals surface area contributed by atoms with Gasteiger partial charge in [-0.15, -0.1) is 11.3 Å². The predicted molar refractivity (Wildman–Crippen MR) is 82.2 cm³/mol. The number of hydrogen-bond acceptors (Lipinski definition) is 5. The van der Waals surface area contributed by atoms with E-state index in [1.807, 2.05) is 18.4 Å². The maximum Gasteiger partial charge on any atom is 0.288 e. The Morgan fingerprint density at radius 3 is 2.86 bits per heavy atom. The second-order valence-corrected chi connectivity index (χ2v) is 5.45. The van der Waals surface area contributed by atoms with Gasteiger partial charge in [0, 0.05) is 16.5 Å². The van der Waals surface area contributed by atoms with Gasteiger partial charge in [-0.25, -0.2) is 5.43 Å². The number of nitrogens with one attached hydrogen (secondary N) is 1. The number of nitro benzene ring substituents is 1. The van der Waals surface area contributed by atoms with Crippen LogP contribution in [-0.4, -0.2) is 17.0 Å². The van der Waals surface area contributed by atoms with Gasteiger partial charge in [-0.2, -0.15) is 5.10 Å². The Labute approximate surface area is 129 Å². The number of aryl methyl sites for hydroxylation is 1. The monoisotopic (exact) mass is 323 g/mol. The van der Waals surface area contributed by atoms with E-state index in [1.54, 1.807) is 0 Å². The highest BCUT2D eigenvalue weighted by Crippen LogP contribution is 2.24. The Kier molecular flexibility index (Phi) is 4.66. The Bertz CT molecular complexity index is 727. The molecule has 1 heterocycles. The molecule has 108 valence electrons. The number of thiophene rings is 1. The summed E-state index contributed by atoms with van der Waals surface area (Å²) in [6, 6.07) is 5.76. The van der Waals surface area contributed by atoms with Crippen molar-refractivity contribution in [2.75, 3.05) is 0 Å². The van der Waals surface area contributed by atoms with Crippen molar-refractivity contribution in [1.82, 2.24) is 5.43 Å². The first-order valence-electron chi connectivity index (χ1n) is 5.80. The SMILES string of the molecule is Cc1ccsc1/C=N/NC(=O)c1ccc(Cl)c([N+](=O)[O-])c1. The number of amides is 1. The van der Waals surface area contributed by atoms with Crippen LogP contribution in [0.1, 0.15) is 20.8 Å². The maximum atomic E-state index is 11.9. The molecule has 0 radical (unpaired) electrons. The van der Waals surface area contributed by atoms with E-state index in [0.717, 1.165) is 16.5 Å². The third kappa shape index (κ3) is 3.65. The molecule has 1 N–H and O–H groups in total. The number of nitro groups is 1. The molecule has 0 saturated heterocycles. The molecule has 0 aliphatic heterocycles. The van der Waals surface area contributed by atoms with Gasteiger partial charge in [-0.1, -0.05) is 11.6 Å². The summed E-state index contributed by atoms with van der Waals surface area (Å²) < 4.78 is 0. The minimum absolute atomic E-state index is 0.0192. The van der Waals surface area contributed by atoms with Crippen LogP contribution < -0.4 is 5.43 Å². The third-order valence-electron chi connectivity index (χ3n) is 2.65. The molecule has 0 aliphatic carbocycles. The highest BCUT2D eigenvalue weighted by molar-refractivity contribution is 7.11. The predicted octanol–water partition coefficient (Wildman–Crippen LogP) is 3.38. The van der Waals surface area contributed by atoms with Crippen molar-refractivity contribution >= 4 is 40.7 Å². The minimum Gasteiger partial charge on any atom is -0.267 e. The first-order chi connectivity index (χ1) is 9.99. The second-order valence-electron chi connectivity index (χ2n) is 4.09. The van der Waals surface area contributed by atoms with E-state index in [2.05, 4.69) is 10.5 Å². The minimum atomic E-state index is -0.641. The molecule has 0 fully saturated rings. The molecule has 0 unspecified atom stereocenters. The van der Waals surface area contributed by atoms with Crippen LogP contribution in [-0.2, 0) is 0 Å². The van der Waals surface area contributed by atoms with E-state index in [4.69, 9.17) is 11.6 Å². The highest BCUT2D eigenvalue weighted by atomic mass is 35.5. The zero-order chi connectivity index (χ0) is 15.4. The molecule has 6 nitrogen and oxygen atoms in total. The van der Waals surface area contributed by atoms with Gasteiger partial charge in [0.25, 0.3) is 11.6 Å². The summed E-state index contributed by atoms with van der Waals surface area (Å²) in [7, 11) is 0. The van der Waals surface area contributed by atoms with Gasteiger partial charge in [-0.05, 0) is 36.1 Å². The zero-order valence-electron chi connectivity index (χ0n) is 10.9. The summed E-state index contributed by atoms with van der Waals surface area (Å²) in [5.74, 6) is -0.541. The van der Waals surface area contributed by atoms with Crippen LogP contribution in [0.2, 0.25) is 5.02 Å². The van der Waals surface area contributed by atoms with Gasteiger partial charge in [0.15, 0.2) is 0 Å². The molecule has 1 aromatic heterocycles. The molecule has 8 heteroatoms. The van der Waals surface area contributed by atoms with Crippen LogP contribution in [0.4, 0.5) is 5.69 Å². The third-order valence-corrected chi connectivity index (χ3v) is 3.93. The van der Waals surface area contributed by atoms with Crippen LogP contribution in [0.5, 0.6) is 0 Å². The first kappa shape index (κ1) is 15.1. The van der Waals surface area contributed by atoms with Crippen LogP contribution in [0, 0.1) is 17.0 Å². The van der Waals surface area contributed by atoms with Crippen molar-refractivity contribution in [3.63, 3.8) is 0 Å². The van der Waals surface area contributed by atoms with Crippen molar-refractivity contribution in [3.8, 4) is 0 Å².